The van der Waals surface area contributed by atoms with Crippen molar-refractivity contribution in [2.75, 3.05) is 10.6 Å². The van der Waals surface area contributed by atoms with Gasteiger partial charge in [-0.15, -0.1) is 0 Å². The molecular weight excluding hydrogens is 390 g/mol. The first-order chi connectivity index (χ1) is 14.0. The fourth-order valence-corrected chi connectivity index (χ4v) is 3.88. The smallest absolute Gasteiger partial charge is 0.254 e. The average molecular weight is 410 g/mol. The van der Waals surface area contributed by atoms with E-state index in [1.165, 1.54) is 6.20 Å². The molecule has 1 aliphatic rings. The van der Waals surface area contributed by atoms with Gasteiger partial charge in [-0.05, 0) is 36.8 Å². The lowest BCUT2D eigenvalue weighted by Gasteiger charge is -2.38. The maximum Gasteiger partial charge on any atom is 0.254 e. The predicted molar refractivity (Wildman–Crippen MR) is 112 cm³/mol. The Balaban J connectivity index is 1.78. The van der Waals surface area contributed by atoms with E-state index in [2.05, 4.69) is 15.7 Å². The van der Waals surface area contributed by atoms with Crippen LogP contribution in [0.15, 0.2) is 60.8 Å². The second-order valence-corrected chi connectivity index (χ2v) is 7.46. The van der Waals surface area contributed by atoms with Crippen LogP contribution in [0.1, 0.15) is 28.9 Å². The number of carbonyl (C=O) groups is 2. The number of benzene rings is 2. The second kappa shape index (κ2) is 7.60. The summed E-state index contributed by atoms with van der Waals surface area (Å²) in [5.41, 5.74) is 7.36. The lowest BCUT2D eigenvalue weighted by molar-refractivity contribution is -0.121. The second-order valence-electron chi connectivity index (χ2n) is 7.03. The number of para-hydroxylation sites is 1. The van der Waals surface area contributed by atoms with Gasteiger partial charge in [0.05, 0.1) is 18.2 Å². The van der Waals surface area contributed by atoms with E-state index in [0.29, 0.717) is 16.5 Å². The first-order valence-corrected chi connectivity index (χ1v) is 9.58. The van der Waals surface area contributed by atoms with Crippen LogP contribution < -0.4 is 16.4 Å². The Bertz CT molecular complexity index is 1050. The Labute approximate surface area is 172 Å². The fourth-order valence-electron chi connectivity index (χ4n) is 3.75. The number of halogens is 1. The zero-order valence-corrected chi connectivity index (χ0v) is 16.4. The Morgan fingerprint density at radius 1 is 1.14 bits per heavy atom. The van der Waals surface area contributed by atoms with Crippen molar-refractivity contribution < 1.29 is 9.59 Å². The van der Waals surface area contributed by atoms with Gasteiger partial charge in [-0.2, -0.15) is 5.10 Å². The third-order valence-corrected chi connectivity index (χ3v) is 5.38. The summed E-state index contributed by atoms with van der Waals surface area (Å²) in [6.07, 6.45) is 1.43. The molecule has 2 aromatic carbocycles. The van der Waals surface area contributed by atoms with Crippen LogP contribution in [0.3, 0.4) is 0 Å². The number of anilines is 2. The van der Waals surface area contributed by atoms with Gasteiger partial charge >= 0.3 is 0 Å². The number of nitrogens with zero attached hydrogens (tertiary/aromatic N) is 2. The van der Waals surface area contributed by atoms with Gasteiger partial charge in [-0.3, -0.25) is 9.59 Å². The van der Waals surface area contributed by atoms with Gasteiger partial charge in [0, 0.05) is 16.8 Å². The van der Waals surface area contributed by atoms with E-state index in [-0.39, 0.29) is 17.5 Å². The highest BCUT2D eigenvalue weighted by molar-refractivity contribution is 6.30. The quantitative estimate of drug-likeness (QED) is 0.615. The topological polar surface area (TPSA) is 102 Å². The zero-order valence-electron chi connectivity index (χ0n) is 15.7. The molecule has 0 saturated heterocycles. The van der Waals surface area contributed by atoms with E-state index in [1.807, 2.05) is 49.4 Å². The number of primary amides is 1. The van der Waals surface area contributed by atoms with Gasteiger partial charge in [0.2, 0.25) is 5.91 Å². The van der Waals surface area contributed by atoms with Gasteiger partial charge in [0.15, 0.2) is 0 Å². The number of rotatable bonds is 4. The van der Waals surface area contributed by atoms with Crippen molar-refractivity contribution in [1.82, 2.24) is 9.78 Å². The lowest BCUT2D eigenvalue weighted by atomic mass is 9.85. The van der Waals surface area contributed by atoms with Crippen LogP contribution in [0.5, 0.6) is 0 Å². The maximum atomic E-state index is 13.3. The summed E-state index contributed by atoms with van der Waals surface area (Å²) in [4.78, 5) is 25.1. The molecule has 0 saturated carbocycles. The van der Waals surface area contributed by atoms with Crippen molar-refractivity contribution in [1.29, 1.82) is 0 Å². The minimum Gasteiger partial charge on any atom is -0.366 e. The number of carbonyl (C=O) groups excluding carboxylic acids is 2. The summed E-state index contributed by atoms with van der Waals surface area (Å²) in [7, 11) is 0. The summed E-state index contributed by atoms with van der Waals surface area (Å²) in [6.45, 7) is 1.90. The van der Waals surface area contributed by atoms with Gasteiger partial charge in [0.25, 0.3) is 5.91 Å². The summed E-state index contributed by atoms with van der Waals surface area (Å²) >= 11 is 6.06. The summed E-state index contributed by atoms with van der Waals surface area (Å²) in [5.74, 6) is -0.718. The van der Waals surface area contributed by atoms with Gasteiger partial charge in [-0.25, -0.2) is 4.68 Å². The van der Waals surface area contributed by atoms with Crippen LogP contribution in [0, 0.1) is 5.92 Å². The molecule has 148 valence electrons. The molecule has 0 radical (unpaired) electrons. The van der Waals surface area contributed by atoms with E-state index < -0.39 is 17.9 Å². The Morgan fingerprint density at radius 2 is 1.83 bits per heavy atom. The highest BCUT2D eigenvalue weighted by atomic mass is 35.5. The number of fused-ring (bicyclic) bond motifs is 1. The molecule has 1 aromatic heterocycles. The van der Waals surface area contributed by atoms with Crippen LogP contribution in [0.4, 0.5) is 11.5 Å². The first-order valence-electron chi connectivity index (χ1n) is 9.21. The molecule has 1 aliphatic heterocycles. The molecule has 29 heavy (non-hydrogen) atoms. The Hall–Kier alpha value is -3.32. The van der Waals surface area contributed by atoms with Crippen LogP contribution >= 0.6 is 11.6 Å². The first kappa shape index (κ1) is 19.0. The fraction of sp³-hybridized carbons (Fsp3) is 0.190. The molecule has 3 atom stereocenters. The maximum absolute atomic E-state index is 13.3. The normalized spacial score (nSPS) is 20.4. The van der Waals surface area contributed by atoms with E-state index in [1.54, 1.807) is 16.8 Å². The van der Waals surface area contributed by atoms with Crippen molar-refractivity contribution in [3.63, 3.8) is 0 Å². The standard InChI is InChI=1S/C21H20ClN5O2/c1-12-17(21(29)26-15-5-3-2-4-6-15)18(13-7-9-14(22)10-8-13)27-20(25-12)16(11-24-27)19(23)28/h2-12,17-18,25H,1H3,(H2,23,28)(H,26,29)/t12-,17-,18-/m0/s1. The van der Waals surface area contributed by atoms with Crippen molar-refractivity contribution in [3.05, 3.63) is 76.9 Å². The van der Waals surface area contributed by atoms with E-state index in [4.69, 9.17) is 17.3 Å². The summed E-state index contributed by atoms with van der Waals surface area (Å²) in [6, 6.07) is 15.8. The minimum atomic E-state index is -0.576. The molecule has 2 amide bonds. The van der Waals surface area contributed by atoms with Crippen molar-refractivity contribution in [3.8, 4) is 0 Å². The molecular formula is C21H20ClN5O2. The number of amides is 2. The third kappa shape index (κ3) is 3.56. The largest absolute Gasteiger partial charge is 0.366 e. The highest BCUT2D eigenvalue weighted by Crippen LogP contribution is 2.39. The zero-order chi connectivity index (χ0) is 20.5. The molecule has 0 unspecified atom stereocenters. The number of aromatic nitrogens is 2. The molecule has 4 N–H and O–H groups in total. The summed E-state index contributed by atoms with van der Waals surface area (Å²) in [5, 5.41) is 11.2. The molecule has 7 nitrogen and oxygen atoms in total. The van der Waals surface area contributed by atoms with Crippen LogP contribution in [-0.4, -0.2) is 27.6 Å². The monoisotopic (exact) mass is 409 g/mol. The van der Waals surface area contributed by atoms with E-state index in [9.17, 15) is 9.59 Å². The number of hydrogen-bond donors (Lipinski definition) is 3. The predicted octanol–water partition coefficient (Wildman–Crippen LogP) is 3.29. The molecule has 8 heteroatoms. The number of hydrogen-bond acceptors (Lipinski definition) is 4. The van der Waals surface area contributed by atoms with E-state index in [0.717, 1.165) is 5.56 Å². The van der Waals surface area contributed by atoms with Gasteiger partial charge < -0.3 is 16.4 Å². The third-order valence-electron chi connectivity index (χ3n) is 5.12. The molecule has 0 aliphatic carbocycles. The molecule has 0 fully saturated rings. The van der Waals surface area contributed by atoms with Crippen molar-refractivity contribution >= 4 is 34.9 Å². The van der Waals surface area contributed by atoms with Crippen molar-refractivity contribution in [2.24, 2.45) is 11.7 Å². The molecule has 4 rings (SSSR count). The van der Waals surface area contributed by atoms with Crippen molar-refractivity contribution in [2.45, 2.75) is 19.0 Å². The highest BCUT2D eigenvalue weighted by Gasteiger charge is 2.42. The van der Waals surface area contributed by atoms with Gasteiger partial charge in [0.1, 0.15) is 11.4 Å². The Morgan fingerprint density at radius 3 is 2.48 bits per heavy atom. The van der Waals surface area contributed by atoms with Crippen LogP contribution in [0.2, 0.25) is 5.02 Å². The average Bonchev–Trinajstić information content (AvgIpc) is 3.12. The van der Waals surface area contributed by atoms with Crippen LogP contribution in [-0.2, 0) is 4.79 Å². The lowest BCUT2D eigenvalue weighted by Crippen LogP contribution is -2.46. The minimum absolute atomic E-state index is 0.155. The van der Waals surface area contributed by atoms with Gasteiger partial charge in [-0.1, -0.05) is 41.9 Å². The van der Waals surface area contributed by atoms with E-state index >= 15 is 0 Å². The number of nitrogens with two attached hydrogens (primary N) is 1. The molecule has 0 bridgehead atoms. The number of nitrogens with one attached hydrogen (secondary N) is 2. The molecule has 2 heterocycles. The summed E-state index contributed by atoms with van der Waals surface area (Å²) < 4.78 is 1.65. The Kier molecular flexibility index (Phi) is 4.98. The molecule has 3 aromatic rings. The SMILES string of the molecule is C[C@@H]1Nc2c(C(N)=O)cnn2[C@@H](c2ccc(Cl)cc2)[C@H]1C(=O)Nc1ccccc1. The van der Waals surface area contributed by atoms with Crippen LogP contribution in [0.25, 0.3) is 0 Å². The molecule has 0 spiro atoms.